The lowest BCUT2D eigenvalue weighted by Crippen LogP contribution is -2.30. The number of rotatable bonds is 4. The van der Waals surface area contributed by atoms with Crippen molar-refractivity contribution in [3.63, 3.8) is 0 Å². The van der Waals surface area contributed by atoms with Crippen molar-refractivity contribution in [1.29, 1.82) is 0 Å². The average Bonchev–Trinajstić information content (AvgIpc) is 3.11. The fourth-order valence-corrected chi connectivity index (χ4v) is 4.65. The number of anilines is 1. The summed E-state index contributed by atoms with van der Waals surface area (Å²) in [4.78, 5) is 4.35. The zero-order valence-electron chi connectivity index (χ0n) is 12.3. The molecule has 114 valence electrons. The van der Waals surface area contributed by atoms with Gasteiger partial charge in [-0.1, -0.05) is 19.4 Å². The molecule has 3 heterocycles. The summed E-state index contributed by atoms with van der Waals surface area (Å²) in [6.45, 7) is 3.29. The Hall–Kier alpha value is -1.60. The van der Waals surface area contributed by atoms with Crippen LogP contribution in [0, 0.1) is 5.92 Å². The molecule has 1 aliphatic rings. The molecule has 1 saturated heterocycles. The molecule has 7 heteroatoms. The largest absolute Gasteiger partial charge is 0.371 e. The predicted octanol–water partition coefficient (Wildman–Crippen LogP) is 1.80. The maximum Gasteiger partial charge on any atom is 0.262 e. The van der Waals surface area contributed by atoms with Crippen LogP contribution in [0.15, 0.2) is 29.4 Å². The molecule has 0 saturated carbocycles. The van der Waals surface area contributed by atoms with Gasteiger partial charge in [0.25, 0.3) is 10.0 Å². The van der Waals surface area contributed by atoms with Crippen LogP contribution in [0.5, 0.6) is 0 Å². The Bertz CT molecular complexity index is 753. The molecule has 1 unspecified atom stereocenters. The van der Waals surface area contributed by atoms with E-state index in [4.69, 9.17) is 0 Å². The van der Waals surface area contributed by atoms with Gasteiger partial charge in [0.2, 0.25) is 0 Å². The molecule has 21 heavy (non-hydrogen) atoms. The highest BCUT2D eigenvalue weighted by Gasteiger charge is 2.35. The molecule has 2 aromatic heterocycles. The molecule has 0 bridgehead atoms. The number of aromatic nitrogens is 2. The van der Waals surface area contributed by atoms with Crippen LogP contribution in [0.2, 0.25) is 0 Å². The maximum atomic E-state index is 13.0. The number of nitrogens with zero attached hydrogens (tertiary/aromatic N) is 3. The Morgan fingerprint density at radius 1 is 1.43 bits per heavy atom. The molecule has 6 nitrogen and oxygen atoms in total. The van der Waals surface area contributed by atoms with Crippen LogP contribution in [0.1, 0.15) is 19.8 Å². The summed E-state index contributed by atoms with van der Waals surface area (Å²) in [5, 5.41) is 3.14. The Morgan fingerprint density at radius 3 is 2.90 bits per heavy atom. The third kappa shape index (κ3) is 2.30. The second-order valence-electron chi connectivity index (χ2n) is 5.37. The van der Waals surface area contributed by atoms with Crippen molar-refractivity contribution in [1.82, 2.24) is 13.7 Å². The molecule has 1 aliphatic heterocycles. The lowest BCUT2D eigenvalue weighted by molar-refractivity contribution is 0.450. The zero-order valence-corrected chi connectivity index (χ0v) is 13.1. The molecule has 2 aromatic rings. The van der Waals surface area contributed by atoms with Crippen molar-refractivity contribution in [2.75, 3.05) is 25.5 Å². The molecule has 0 radical (unpaired) electrons. The Morgan fingerprint density at radius 2 is 2.24 bits per heavy atom. The van der Waals surface area contributed by atoms with Crippen molar-refractivity contribution in [3.8, 4) is 0 Å². The van der Waals surface area contributed by atoms with E-state index >= 15 is 0 Å². The normalized spacial score (nSPS) is 20.2. The van der Waals surface area contributed by atoms with E-state index in [0.29, 0.717) is 30.5 Å². The average molecular weight is 308 g/mol. The number of imidazole rings is 1. The van der Waals surface area contributed by atoms with Gasteiger partial charge in [0, 0.05) is 26.3 Å². The zero-order chi connectivity index (χ0) is 15.0. The van der Waals surface area contributed by atoms with E-state index in [1.54, 1.807) is 28.0 Å². The second kappa shape index (κ2) is 5.31. The van der Waals surface area contributed by atoms with E-state index in [1.165, 1.54) is 0 Å². The van der Waals surface area contributed by atoms with Crippen molar-refractivity contribution < 1.29 is 8.42 Å². The summed E-state index contributed by atoms with van der Waals surface area (Å²) < 4.78 is 29.2. The Labute approximate surface area is 124 Å². The number of fused-ring (bicyclic) bond motifs is 1. The fraction of sp³-hybridized carbons (Fsp3) is 0.500. The highest BCUT2D eigenvalue weighted by molar-refractivity contribution is 7.89. The highest BCUT2D eigenvalue weighted by Crippen LogP contribution is 2.30. The first-order valence-corrected chi connectivity index (χ1v) is 8.67. The molecular formula is C14H20N4O2S. The smallest absolute Gasteiger partial charge is 0.262 e. The first-order valence-electron chi connectivity index (χ1n) is 7.23. The van der Waals surface area contributed by atoms with Gasteiger partial charge in [0.05, 0.1) is 0 Å². The summed E-state index contributed by atoms with van der Waals surface area (Å²) in [5.41, 5.74) is 0.631. The monoisotopic (exact) mass is 308 g/mol. The van der Waals surface area contributed by atoms with E-state index in [9.17, 15) is 8.42 Å². The van der Waals surface area contributed by atoms with Crippen LogP contribution in [-0.4, -0.2) is 42.2 Å². The molecular weight excluding hydrogens is 288 g/mol. The highest BCUT2D eigenvalue weighted by atomic mass is 32.2. The minimum Gasteiger partial charge on any atom is -0.371 e. The summed E-state index contributed by atoms with van der Waals surface area (Å²) >= 11 is 0. The van der Waals surface area contributed by atoms with E-state index in [2.05, 4.69) is 17.2 Å². The number of nitrogens with one attached hydrogen (secondary N) is 1. The van der Waals surface area contributed by atoms with Crippen molar-refractivity contribution in [3.05, 3.63) is 24.4 Å². The third-order valence-electron chi connectivity index (χ3n) is 4.13. The van der Waals surface area contributed by atoms with Gasteiger partial charge in [-0.25, -0.2) is 13.4 Å². The van der Waals surface area contributed by atoms with Crippen LogP contribution < -0.4 is 5.32 Å². The third-order valence-corrected chi connectivity index (χ3v) is 6.02. The fourth-order valence-electron chi connectivity index (χ4n) is 2.85. The van der Waals surface area contributed by atoms with Gasteiger partial charge in [-0.05, 0) is 24.5 Å². The lowest BCUT2D eigenvalue weighted by atomic mass is 10.1. The van der Waals surface area contributed by atoms with Crippen molar-refractivity contribution >= 4 is 21.5 Å². The van der Waals surface area contributed by atoms with Crippen molar-refractivity contribution in [2.45, 2.75) is 24.8 Å². The first kappa shape index (κ1) is 14.3. The van der Waals surface area contributed by atoms with E-state index in [0.717, 1.165) is 12.8 Å². The SMILES string of the molecule is CCC1CCN(S(=O)(=O)c2c(NC)nc3ccccn23)C1. The van der Waals surface area contributed by atoms with Crippen LogP contribution in [-0.2, 0) is 10.0 Å². The van der Waals surface area contributed by atoms with Crippen LogP contribution in [0.25, 0.3) is 5.65 Å². The maximum absolute atomic E-state index is 13.0. The second-order valence-corrected chi connectivity index (χ2v) is 7.22. The predicted molar refractivity (Wildman–Crippen MR) is 81.9 cm³/mol. The van der Waals surface area contributed by atoms with E-state index < -0.39 is 10.0 Å². The number of pyridine rings is 1. The molecule has 0 aromatic carbocycles. The van der Waals surface area contributed by atoms with Gasteiger partial charge in [-0.3, -0.25) is 4.40 Å². The number of hydrogen-bond donors (Lipinski definition) is 1. The molecule has 0 aliphatic carbocycles. The minimum absolute atomic E-state index is 0.234. The van der Waals surface area contributed by atoms with Gasteiger partial charge < -0.3 is 5.32 Å². The molecule has 1 N–H and O–H groups in total. The summed E-state index contributed by atoms with van der Waals surface area (Å²) in [7, 11) is -1.84. The van der Waals surface area contributed by atoms with Crippen LogP contribution >= 0.6 is 0 Å². The van der Waals surface area contributed by atoms with Gasteiger partial charge in [0.15, 0.2) is 10.8 Å². The molecule has 1 fully saturated rings. The molecule has 1 atom stereocenters. The standard InChI is InChI=1S/C14H20N4O2S/c1-3-11-7-9-17(10-11)21(19,20)14-13(15-2)16-12-6-4-5-8-18(12)14/h4-6,8,11,15H,3,7,9-10H2,1-2H3. The summed E-state index contributed by atoms with van der Waals surface area (Å²) in [6, 6.07) is 5.46. The Balaban J connectivity index is 2.10. The van der Waals surface area contributed by atoms with Gasteiger partial charge in [0.1, 0.15) is 5.65 Å². The van der Waals surface area contributed by atoms with E-state index in [1.807, 2.05) is 12.1 Å². The van der Waals surface area contributed by atoms with E-state index in [-0.39, 0.29) is 5.03 Å². The molecule has 0 amide bonds. The van der Waals surface area contributed by atoms with Crippen LogP contribution in [0.4, 0.5) is 5.82 Å². The van der Waals surface area contributed by atoms with Crippen molar-refractivity contribution in [2.24, 2.45) is 5.92 Å². The summed E-state index contributed by atoms with van der Waals surface area (Å²) in [6.07, 6.45) is 3.68. The first-order chi connectivity index (χ1) is 10.1. The number of hydrogen-bond acceptors (Lipinski definition) is 4. The van der Waals surface area contributed by atoms with Gasteiger partial charge in [-0.2, -0.15) is 4.31 Å². The lowest BCUT2D eigenvalue weighted by Gasteiger charge is -2.16. The van der Waals surface area contributed by atoms with Gasteiger partial charge >= 0.3 is 0 Å². The Kier molecular flexibility index (Phi) is 3.62. The van der Waals surface area contributed by atoms with Crippen LogP contribution in [0.3, 0.4) is 0 Å². The minimum atomic E-state index is -3.54. The molecule has 0 spiro atoms. The number of sulfonamides is 1. The summed E-state index contributed by atoms with van der Waals surface area (Å²) in [5.74, 6) is 0.859. The van der Waals surface area contributed by atoms with Gasteiger partial charge in [-0.15, -0.1) is 0 Å². The topological polar surface area (TPSA) is 66.7 Å². The molecule has 3 rings (SSSR count). The quantitative estimate of drug-likeness (QED) is 0.935.